The fourth-order valence-corrected chi connectivity index (χ4v) is 1.52. The minimum absolute atomic E-state index is 0.0297. The quantitative estimate of drug-likeness (QED) is 0.644. The molecular formula is C9H7BrO5. The van der Waals surface area contributed by atoms with Crippen LogP contribution in [0, 0.1) is 0 Å². The van der Waals surface area contributed by atoms with Crippen molar-refractivity contribution in [3.05, 3.63) is 22.2 Å². The van der Waals surface area contributed by atoms with E-state index in [0.717, 1.165) is 0 Å². The molecule has 5 nitrogen and oxygen atoms in total. The average molecular weight is 275 g/mol. The number of carboxylic acids is 1. The number of ketones is 1. The zero-order chi connectivity index (χ0) is 11.6. The molecule has 0 spiro atoms. The minimum atomic E-state index is -1.63. The van der Waals surface area contributed by atoms with Crippen LogP contribution in [0.3, 0.4) is 0 Å². The highest BCUT2D eigenvalue weighted by Gasteiger charge is 2.22. The summed E-state index contributed by atoms with van der Waals surface area (Å²) in [6.07, 6.45) is 0. The van der Waals surface area contributed by atoms with Gasteiger partial charge in [-0.2, -0.15) is 0 Å². The Morgan fingerprint density at radius 3 is 2.47 bits per heavy atom. The van der Waals surface area contributed by atoms with Gasteiger partial charge < -0.3 is 14.9 Å². The van der Waals surface area contributed by atoms with E-state index in [0.29, 0.717) is 4.47 Å². The number of phenols is 1. The molecule has 2 N–H and O–H groups in total. The van der Waals surface area contributed by atoms with Gasteiger partial charge in [0.05, 0.1) is 17.1 Å². The first kappa shape index (κ1) is 11.5. The number of rotatable bonds is 3. The number of aliphatic carboxylic acids is 1. The molecule has 0 saturated carbocycles. The second-order valence-corrected chi connectivity index (χ2v) is 3.47. The molecule has 0 unspecified atom stereocenters. The van der Waals surface area contributed by atoms with Crippen LogP contribution in [0.1, 0.15) is 10.4 Å². The van der Waals surface area contributed by atoms with E-state index in [1.54, 1.807) is 0 Å². The third-order valence-electron chi connectivity index (χ3n) is 1.73. The molecule has 1 aromatic rings. The standard InChI is InChI=1S/C9H7BrO5/c1-15-8-5(10)3-2-4(6(8)11)7(12)9(13)14/h2-3,11H,1H3,(H,13,14). The predicted octanol–water partition coefficient (Wildman–Crippen LogP) is 1.43. The monoisotopic (exact) mass is 274 g/mol. The van der Waals surface area contributed by atoms with Crippen molar-refractivity contribution >= 4 is 27.7 Å². The van der Waals surface area contributed by atoms with Gasteiger partial charge >= 0.3 is 5.97 Å². The summed E-state index contributed by atoms with van der Waals surface area (Å²) >= 11 is 3.08. The van der Waals surface area contributed by atoms with Gasteiger partial charge in [0.15, 0.2) is 11.5 Å². The van der Waals surface area contributed by atoms with Gasteiger partial charge in [-0.15, -0.1) is 0 Å². The summed E-state index contributed by atoms with van der Waals surface area (Å²) in [5, 5.41) is 18.0. The number of ether oxygens (including phenoxy) is 1. The van der Waals surface area contributed by atoms with E-state index in [1.807, 2.05) is 0 Å². The summed E-state index contributed by atoms with van der Waals surface area (Å²) in [4.78, 5) is 21.5. The van der Waals surface area contributed by atoms with Crippen LogP contribution in [0.4, 0.5) is 0 Å². The summed E-state index contributed by atoms with van der Waals surface area (Å²) < 4.78 is 5.24. The van der Waals surface area contributed by atoms with Crippen molar-refractivity contribution in [2.45, 2.75) is 0 Å². The van der Waals surface area contributed by atoms with E-state index in [4.69, 9.17) is 9.84 Å². The van der Waals surface area contributed by atoms with Crippen LogP contribution in [0.15, 0.2) is 16.6 Å². The maximum Gasteiger partial charge on any atom is 0.377 e. The summed E-state index contributed by atoms with van der Waals surface area (Å²) in [7, 11) is 1.30. The van der Waals surface area contributed by atoms with Gasteiger partial charge in [-0.3, -0.25) is 4.79 Å². The number of carbonyl (C=O) groups excluding carboxylic acids is 1. The number of aromatic hydroxyl groups is 1. The molecule has 0 bridgehead atoms. The fourth-order valence-electron chi connectivity index (χ4n) is 1.04. The highest BCUT2D eigenvalue weighted by Crippen LogP contribution is 2.37. The van der Waals surface area contributed by atoms with E-state index < -0.39 is 17.5 Å². The molecule has 6 heteroatoms. The molecule has 0 atom stereocenters. The molecule has 0 fully saturated rings. The molecule has 0 aliphatic heterocycles. The van der Waals surface area contributed by atoms with Gasteiger partial charge in [0.2, 0.25) is 0 Å². The van der Waals surface area contributed by atoms with Crippen molar-refractivity contribution < 1.29 is 24.5 Å². The van der Waals surface area contributed by atoms with Crippen LogP contribution in [0.25, 0.3) is 0 Å². The number of methoxy groups -OCH3 is 1. The first-order valence-electron chi connectivity index (χ1n) is 3.82. The van der Waals surface area contributed by atoms with Gasteiger partial charge in [0.25, 0.3) is 5.78 Å². The largest absolute Gasteiger partial charge is 0.504 e. The Bertz CT molecular complexity index is 427. The van der Waals surface area contributed by atoms with E-state index in [2.05, 4.69) is 15.9 Å². The highest BCUT2D eigenvalue weighted by atomic mass is 79.9. The lowest BCUT2D eigenvalue weighted by Gasteiger charge is -2.08. The zero-order valence-electron chi connectivity index (χ0n) is 7.65. The first-order valence-corrected chi connectivity index (χ1v) is 4.61. The maximum absolute atomic E-state index is 11.1. The SMILES string of the molecule is COc1c(Br)ccc(C(=O)C(=O)O)c1O. The van der Waals surface area contributed by atoms with Crippen LogP contribution in [0.5, 0.6) is 11.5 Å². The summed E-state index contributed by atoms with van der Waals surface area (Å²) in [5.74, 6) is -3.27. The average Bonchev–Trinajstić information content (AvgIpc) is 2.17. The van der Waals surface area contributed by atoms with Crippen LogP contribution >= 0.6 is 15.9 Å². The predicted molar refractivity (Wildman–Crippen MR) is 54.3 cm³/mol. The molecule has 15 heavy (non-hydrogen) atoms. The van der Waals surface area contributed by atoms with Crippen molar-refractivity contribution in [2.75, 3.05) is 7.11 Å². The van der Waals surface area contributed by atoms with Crippen molar-refractivity contribution in [3.8, 4) is 11.5 Å². The molecule has 80 valence electrons. The Morgan fingerprint density at radius 2 is 2.00 bits per heavy atom. The highest BCUT2D eigenvalue weighted by molar-refractivity contribution is 9.10. The van der Waals surface area contributed by atoms with Crippen LogP contribution in [0.2, 0.25) is 0 Å². The Labute approximate surface area is 93.4 Å². The minimum Gasteiger partial charge on any atom is -0.504 e. The number of hydrogen-bond acceptors (Lipinski definition) is 4. The Morgan fingerprint density at radius 1 is 1.40 bits per heavy atom. The van der Waals surface area contributed by atoms with E-state index in [1.165, 1.54) is 19.2 Å². The smallest absolute Gasteiger partial charge is 0.377 e. The number of Topliss-reactive ketones (excluding diaryl/α,β-unsaturated/α-hetero) is 1. The van der Waals surface area contributed by atoms with Crippen LogP contribution in [-0.2, 0) is 4.79 Å². The Kier molecular flexibility index (Phi) is 3.31. The summed E-state index contributed by atoms with van der Waals surface area (Å²) in [5.41, 5.74) is -0.303. The van der Waals surface area contributed by atoms with E-state index >= 15 is 0 Å². The van der Waals surface area contributed by atoms with Crippen molar-refractivity contribution in [1.29, 1.82) is 0 Å². The molecule has 1 aromatic carbocycles. The number of carbonyl (C=O) groups is 2. The lowest BCUT2D eigenvalue weighted by molar-refractivity contribution is -0.131. The molecular weight excluding hydrogens is 268 g/mol. The van der Waals surface area contributed by atoms with E-state index in [9.17, 15) is 14.7 Å². The molecule has 0 heterocycles. The van der Waals surface area contributed by atoms with Gasteiger partial charge in [-0.05, 0) is 28.1 Å². The Balaban J connectivity index is 3.34. The third-order valence-corrected chi connectivity index (χ3v) is 2.35. The van der Waals surface area contributed by atoms with Crippen molar-refractivity contribution in [2.24, 2.45) is 0 Å². The van der Waals surface area contributed by atoms with Gasteiger partial charge in [0, 0.05) is 0 Å². The number of benzene rings is 1. The third kappa shape index (κ3) is 2.10. The topological polar surface area (TPSA) is 83.8 Å². The second-order valence-electron chi connectivity index (χ2n) is 2.61. The molecule has 0 saturated heterocycles. The molecule has 0 aliphatic rings. The van der Waals surface area contributed by atoms with Crippen molar-refractivity contribution in [3.63, 3.8) is 0 Å². The van der Waals surface area contributed by atoms with Gasteiger partial charge in [-0.25, -0.2) is 4.79 Å². The Hall–Kier alpha value is -1.56. The van der Waals surface area contributed by atoms with E-state index in [-0.39, 0.29) is 11.3 Å². The normalized spacial score (nSPS) is 9.73. The second kappa shape index (κ2) is 4.31. The first-order chi connectivity index (χ1) is 6.99. The van der Waals surface area contributed by atoms with Gasteiger partial charge in [-0.1, -0.05) is 0 Å². The molecule has 0 aliphatic carbocycles. The molecule has 0 radical (unpaired) electrons. The van der Waals surface area contributed by atoms with Gasteiger partial charge in [0.1, 0.15) is 0 Å². The summed E-state index contributed by atoms with van der Waals surface area (Å²) in [6.45, 7) is 0. The van der Waals surface area contributed by atoms with Crippen LogP contribution in [-0.4, -0.2) is 29.1 Å². The lowest BCUT2D eigenvalue weighted by Crippen LogP contribution is -2.13. The fraction of sp³-hybridized carbons (Fsp3) is 0.111. The zero-order valence-corrected chi connectivity index (χ0v) is 9.24. The van der Waals surface area contributed by atoms with Crippen LogP contribution < -0.4 is 4.74 Å². The molecule has 0 aromatic heterocycles. The number of hydrogen-bond donors (Lipinski definition) is 2. The maximum atomic E-state index is 11.1. The summed E-state index contributed by atoms with van der Waals surface area (Å²) in [6, 6.07) is 2.63. The van der Waals surface area contributed by atoms with Crippen molar-refractivity contribution in [1.82, 2.24) is 0 Å². The molecule has 0 amide bonds. The lowest BCUT2D eigenvalue weighted by atomic mass is 10.1. The number of halogens is 1. The number of carboxylic acid groups (broad SMARTS) is 1. The number of phenolic OH excluding ortho intramolecular Hbond substituents is 1. The molecule has 1 rings (SSSR count).